The van der Waals surface area contributed by atoms with E-state index >= 15 is 0 Å². The van der Waals surface area contributed by atoms with Crippen LogP contribution in [0.5, 0.6) is 0 Å². The van der Waals surface area contributed by atoms with Crippen LogP contribution < -0.4 is 5.73 Å². The Morgan fingerprint density at radius 2 is 1.75 bits per heavy atom. The zero-order valence-electron chi connectivity index (χ0n) is 12.2. The van der Waals surface area contributed by atoms with Gasteiger partial charge in [0.25, 0.3) is 0 Å². The SMILES string of the molecule is CCC(C)N(CC)CCC(N)CC(C)(C)C. The Morgan fingerprint density at radius 3 is 2.12 bits per heavy atom. The van der Waals surface area contributed by atoms with Crippen LogP contribution in [0.2, 0.25) is 0 Å². The lowest BCUT2D eigenvalue weighted by molar-refractivity contribution is 0.199. The van der Waals surface area contributed by atoms with Crippen molar-refractivity contribution in [3.63, 3.8) is 0 Å². The minimum Gasteiger partial charge on any atom is -0.328 e. The summed E-state index contributed by atoms with van der Waals surface area (Å²) in [5.74, 6) is 0. The van der Waals surface area contributed by atoms with Crippen molar-refractivity contribution in [3.8, 4) is 0 Å². The van der Waals surface area contributed by atoms with Gasteiger partial charge in [0.05, 0.1) is 0 Å². The fourth-order valence-corrected chi connectivity index (χ4v) is 2.17. The summed E-state index contributed by atoms with van der Waals surface area (Å²) in [5.41, 5.74) is 6.53. The minimum absolute atomic E-state index is 0.345. The van der Waals surface area contributed by atoms with Crippen molar-refractivity contribution in [2.75, 3.05) is 13.1 Å². The highest BCUT2D eigenvalue weighted by molar-refractivity contribution is 4.74. The van der Waals surface area contributed by atoms with E-state index in [9.17, 15) is 0 Å². The number of nitrogens with zero attached hydrogens (tertiary/aromatic N) is 1. The van der Waals surface area contributed by atoms with Gasteiger partial charge in [-0.3, -0.25) is 0 Å². The monoisotopic (exact) mass is 228 g/mol. The van der Waals surface area contributed by atoms with E-state index in [1.807, 2.05) is 0 Å². The Kier molecular flexibility index (Phi) is 7.25. The number of hydrogen-bond donors (Lipinski definition) is 1. The zero-order valence-corrected chi connectivity index (χ0v) is 12.2. The van der Waals surface area contributed by atoms with Crippen LogP contribution in [0.1, 0.15) is 60.8 Å². The second kappa shape index (κ2) is 7.29. The van der Waals surface area contributed by atoms with Crippen molar-refractivity contribution in [2.24, 2.45) is 11.1 Å². The van der Waals surface area contributed by atoms with Crippen molar-refractivity contribution in [1.29, 1.82) is 0 Å². The van der Waals surface area contributed by atoms with Crippen LogP contribution in [0.4, 0.5) is 0 Å². The van der Waals surface area contributed by atoms with Gasteiger partial charge in [-0.25, -0.2) is 0 Å². The van der Waals surface area contributed by atoms with Gasteiger partial charge in [0.15, 0.2) is 0 Å². The van der Waals surface area contributed by atoms with E-state index in [4.69, 9.17) is 5.73 Å². The minimum atomic E-state index is 0.345. The van der Waals surface area contributed by atoms with Gasteiger partial charge in [0.2, 0.25) is 0 Å². The number of rotatable bonds is 7. The molecular formula is C14H32N2. The Labute approximate surface area is 103 Å². The highest BCUT2D eigenvalue weighted by Gasteiger charge is 2.17. The van der Waals surface area contributed by atoms with Crippen LogP contribution in [-0.4, -0.2) is 30.1 Å². The van der Waals surface area contributed by atoms with Crippen LogP contribution in [0.3, 0.4) is 0 Å². The average Bonchev–Trinajstić information content (AvgIpc) is 2.15. The maximum Gasteiger partial charge on any atom is 0.00641 e. The number of nitrogens with two attached hydrogens (primary N) is 1. The zero-order chi connectivity index (χ0) is 12.8. The maximum absolute atomic E-state index is 6.18. The van der Waals surface area contributed by atoms with Gasteiger partial charge in [-0.2, -0.15) is 0 Å². The molecule has 0 fully saturated rings. The van der Waals surface area contributed by atoms with E-state index in [0.29, 0.717) is 17.5 Å². The summed E-state index contributed by atoms with van der Waals surface area (Å²) in [6.07, 6.45) is 3.46. The highest BCUT2D eigenvalue weighted by atomic mass is 15.1. The quantitative estimate of drug-likeness (QED) is 0.724. The normalized spacial score (nSPS) is 16.5. The summed E-state index contributed by atoms with van der Waals surface area (Å²) in [7, 11) is 0. The second-order valence-electron chi connectivity index (χ2n) is 6.20. The lowest BCUT2D eigenvalue weighted by atomic mass is 9.87. The van der Waals surface area contributed by atoms with Crippen molar-refractivity contribution in [3.05, 3.63) is 0 Å². The highest BCUT2D eigenvalue weighted by Crippen LogP contribution is 2.21. The Balaban J connectivity index is 3.93. The molecule has 0 amide bonds. The average molecular weight is 228 g/mol. The molecular weight excluding hydrogens is 196 g/mol. The Hall–Kier alpha value is -0.0800. The van der Waals surface area contributed by atoms with Crippen LogP contribution in [0.15, 0.2) is 0 Å². The summed E-state index contributed by atoms with van der Waals surface area (Å²) < 4.78 is 0. The van der Waals surface area contributed by atoms with Gasteiger partial charge >= 0.3 is 0 Å². The molecule has 0 radical (unpaired) electrons. The maximum atomic E-state index is 6.18. The van der Waals surface area contributed by atoms with Crippen molar-refractivity contribution in [2.45, 2.75) is 72.9 Å². The first-order valence-electron chi connectivity index (χ1n) is 6.79. The predicted octanol–water partition coefficient (Wildman–Crippen LogP) is 3.26. The molecule has 2 N–H and O–H groups in total. The molecule has 0 bridgehead atoms. The molecule has 2 unspecified atom stereocenters. The van der Waals surface area contributed by atoms with Crippen LogP contribution in [-0.2, 0) is 0 Å². The van der Waals surface area contributed by atoms with E-state index < -0.39 is 0 Å². The summed E-state index contributed by atoms with van der Waals surface area (Å²) in [5, 5.41) is 0. The van der Waals surface area contributed by atoms with Gasteiger partial charge in [0, 0.05) is 12.1 Å². The molecule has 0 spiro atoms. The summed E-state index contributed by atoms with van der Waals surface area (Å²) in [6, 6.07) is 1.03. The molecule has 0 aliphatic heterocycles. The smallest absolute Gasteiger partial charge is 0.00641 e. The molecule has 2 nitrogen and oxygen atoms in total. The molecule has 16 heavy (non-hydrogen) atoms. The van der Waals surface area contributed by atoms with Crippen molar-refractivity contribution in [1.82, 2.24) is 4.90 Å². The van der Waals surface area contributed by atoms with Crippen molar-refractivity contribution >= 4 is 0 Å². The van der Waals surface area contributed by atoms with Gasteiger partial charge in [-0.05, 0) is 44.7 Å². The standard InChI is InChI=1S/C14H32N2/c1-7-12(3)16(8-2)10-9-13(15)11-14(4,5)6/h12-13H,7-11,15H2,1-6H3. The third-order valence-corrected chi connectivity index (χ3v) is 3.28. The summed E-state index contributed by atoms with van der Waals surface area (Å²) in [6.45, 7) is 15.9. The Morgan fingerprint density at radius 1 is 1.19 bits per heavy atom. The first-order chi connectivity index (χ1) is 7.30. The van der Waals surface area contributed by atoms with Crippen molar-refractivity contribution < 1.29 is 0 Å². The van der Waals surface area contributed by atoms with E-state index in [1.165, 1.54) is 6.42 Å². The molecule has 0 aromatic heterocycles. The molecule has 2 heteroatoms. The molecule has 0 heterocycles. The summed E-state index contributed by atoms with van der Waals surface area (Å²) >= 11 is 0. The third kappa shape index (κ3) is 7.24. The van der Waals surface area contributed by atoms with Gasteiger partial charge in [0.1, 0.15) is 0 Å². The molecule has 0 rings (SSSR count). The van der Waals surface area contributed by atoms with E-state index in [0.717, 1.165) is 25.9 Å². The van der Waals surface area contributed by atoms with E-state index in [1.54, 1.807) is 0 Å². The van der Waals surface area contributed by atoms with Gasteiger partial charge in [-0.1, -0.05) is 34.6 Å². The largest absolute Gasteiger partial charge is 0.328 e. The lowest BCUT2D eigenvalue weighted by Crippen LogP contribution is -2.37. The van der Waals surface area contributed by atoms with Crippen LogP contribution in [0, 0.1) is 5.41 Å². The fraction of sp³-hybridized carbons (Fsp3) is 1.00. The van der Waals surface area contributed by atoms with Crippen LogP contribution >= 0.6 is 0 Å². The van der Waals surface area contributed by atoms with E-state index in [2.05, 4.69) is 46.4 Å². The topological polar surface area (TPSA) is 29.3 Å². The molecule has 0 saturated carbocycles. The van der Waals surface area contributed by atoms with E-state index in [-0.39, 0.29) is 0 Å². The first-order valence-corrected chi connectivity index (χ1v) is 6.79. The van der Waals surface area contributed by atoms with Crippen LogP contribution in [0.25, 0.3) is 0 Å². The first kappa shape index (κ1) is 15.9. The van der Waals surface area contributed by atoms with Gasteiger partial charge < -0.3 is 10.6 Å². The molecule has 0 aliphatic rings. The molecule has 0 saturated heterocycles. The number of hydrogen-bond acceptors (Lipinski definition) is 2. The molecule has 98 valence electrons. The summed E-state index contributed by atoms with van der Waals surface area (Å²) in [4.78, 5) is 2.53. The predicted molar refractivity (Wildman–Crippen MR) is 73.7 cm³/mol. The second-order valence-corrected chi connectivity index (χ2v) is 6.20. The molecule has 2 atom stereocenters. The molecule has 0 aromatic rings. The lowest BCUT2D eigenvalue weighted by Gasteiger charge is -2.29. The van der Waals surface area contributed by atoms with Gasteiger partial charge in [-0.15, -0.1) is 0 Å². The Bertz CT molecular complexity index is 172. The third-order valence-electron chi connectivity index (χ3n) is 3.28. The molecule has 0 aliphatic carbocycles. The molecule has 0 aromatic carbocycles. The fourth-order valence-electron chi connectivity index (χ4n) is 2.17.